The minimum atomic E-state index is -0.159. The van der Waals surface area contributed by atoms with E-state index >= 15 is 0 Å². The van der Waals surface area contributed by atoms with E-state index in [1.165, 1.54) is 0 Å². The van der Waals surface area contributed by atoms with Gasteiger partial charge in [-0.2, -0.15) is 0 Å². The van der Waals surface area contributed by atoms with Crippen molar-refractivity contribution in [3.63, 3.8) is 0 Å². The van der Waals surface area contributed by atoms with Crippen molar-refractivity contribution in [1.29, 1.82) is 5.41 Å². The van der Waals surface area contributed by atoms with Crippen LogP contribution >= 0.6 is 39.1 Å². The Morgan fingerprint density at radius 3 is 2.58 bits per heavy atom. The number of nitrogens with one attached hydrogen (secondary N) is 1. The molecule has 3 rings (SSSR count). The van der Waals surface area contributed by atoms with Crippen molar-refractivity contribution < 1.29 is 0 Å². The van der Waals surface area contributed by atoms with Crippen LogP contribution in [-0.2, 0) is 0 Å². The zero-order valence-corrected chi connectivity index (χ0v) is 17.3. The normalized spacial score (nSPS) is 16.6. The maximum absolute atomic E-state index is 8.44. The average Bonchev–Trinajstić information content (AvgIpc) is 2.59. The lowest BCUT2D eigenvalue weighted by Crippen LogP contribution is -2.48. The third-order valence-electron chi connectivity index (χ3n) is 4.53. The number of piperidine rings is 1. The van der Waals surface area contributed by atoms with Crippen molar-refractivity contribution >= 4 is 56.5 Å². The highest BCUT2D eigenvalue weighted by Gasteiger charge is 2.28. The first-order chi connectivity index (χ1) is 12.2. The smallest absolute Gasteiger partial charge is 0.164 e. The van der Waals surface area contributed by atoms with E-state index in [0.717, 1.165) is 25.9 Å². The largest absolute Gasteiger partial charge is 0.382 e. The van der Waals surface area contributed by atoms with Crippen LogP contribution in [0.4, 0.5) is 11.6 Å². The van der Waals surface area contributed by atoms with Crippen LogP contribution in [0.25, 0.3) is 0 Å². The first-order valence-corrected chi connectivity index (χ1v) is 9.64. The molecule has 0 atom stereocenters. The number of halogens is 3. The monoisotopic (exact) mass is 456 g/mol. The highest BCUT2D eigenvalue weighted by molar-refractivity contribution is 9.10. The van der Waals surface area contributed by atoms with Gasteiger partial charge in [0.15, 0.2) is 11.6 Å². The molecule has 2 aromatic rings. The number of hydrogen-bond acceptors (Lipinski definition) is 6. The van der Waals surface area contributed by atoms with E-state index in [0.29, 0.717) is 26.0 Å². The fourth-order valence-electron chi connectivity index (χ4n) is 2.86. The molecule has 1 aromatic carbocycles. The highest BCUT2D eigenvalue weighted by atomic mass is 79.9. The number of anilines is 2. The van der Waals surface area contributed by atoms with Gasteiger partial charge in [-0.3, -0.25) is 5.41 Å². The molecule has 1 aliphatic rings. The summed E-state index contributed by atoms with van der Waals surface area (Å²) in [6, 6.07) is 5.09. The fourth-order valence-corrected chi connectivity index (χ4v) is 3.77. The Labute approximate surface area is 170 Å². The molecule has 26 heavy (non-hydrogen) atoms. The van der Waals surface area contributed by atoms with Gasteiger partial charge in [-0.25, -0.2) is 9.97 Å². The van der Waals surface area contributed by atoms with Gasteiger partial charge >= 0.3 is 0 Å². The summed E-state index contributed by atoms with van der Waals surface area (Å²) < 4.78 is 0.533. The molecule has 0 unspecified atom stereocenters. The van der Waals surface area contributed by atoms with Crippen LogP contribution in [0.5, 0.6) is 0 Å². The van der Waals surface area contributed by atoms with E-state index in [4.69, 9.17) is 40.1 Å². The zero-order valence-electron chi connectivity index (χ0n) is 14.2. The summed E-state index contributed by atoms with van der Waals surface area (Å²) in [4.78, 5) is 11.0. The second-order valence-electron chi connectivity index (χ2n) is 6.69. The Morgan fingerprint density at radius 2 is 1.92 bits per heavy atom. The first-order valence-electron chi connectivity index (χ1n) is 8.10. The van der Waals surface area contributed by atoms with E-state index in [2.05, 4.69) is 37.7 Å². The van der Waals surface area contributed by atoms with Gasteiger partial charge in [-0.15, -0.1) is 0 Å². The summed E-state index contributed by atoms with van der Waals surface area (Å²) in [6.07, 6.45) is 1.72. The first kappa shape index (κ1) is 19.4. The summed E-state index contributed by atoms with van der Waals surface area (Å²) in [7, 11) is 0. The van der Waals surface area contributed by atoms with Gasteiger partial charge in [0.1, 0.15) is 10.3 Å². The summed E-state index contributed by atoms with van der Waals surface area (Å²) in [5.41, 5.74) is 12.9. The zero-order chi connectivity index (χ0) is 19.1. The van der Waals surface area contributed by atoms with Crippen LogP contribution in [0.15, 0.2) is 22.8 Å². The highest BCUT2D eigenvalue weighted by Crippen LogP contribution is 2.32. The molecule has 138 valence electrons. The van der Waals surface area contributed by atoms with Crippen molar-refractivity contribution in [3.05, 3.63) is 44.1 Å². The molecule has 0 saturated carbocycles. The van der Waals surface area contributed by atoms with Crippen LogP contribution in [0.2, 0.25) is 10.0 Å². The minimum Gasteiger partial charge on any atom is -0.382 e. The van der Waals surface area contributed by atoms with Gasteiger partial charge in [0.05, 0.1) is 15.8 Å². The summed E-state index contributed by atoms with van der Waals surface area (Å²) >= 11 is 15.7. The Morgan fingerprint density at radius 1 is 1.27 bits per heavy atom. The van der Waals surface area contributed by atoms with Gasteiger partial charge in [0, 0.05) is 24.2 Å². The maximum Gasteiger partial charge on any atom is 0.164 e. The van der Waals surface area contributed by atoms with Gasteiger partial charge in [-0.1, -0.05) is 35.3 Å². The summed E-state index contributed by atoms with van der Waals surface area (Å²) in [6.45, 7) is 3.60. The quantitative estimate of drug-likeness (QED) is 0.606. The van der Waals surface area contributed by atoms with E-state index in [9.17, 15) is 0 Å². The molecular formula is C17H19BrCl2N6. The number of benzene rings is 1. The van der Waals surface area contributed by atoms with Crippen LogP contribution in [0.3, 0.4) is 0 Å². The molecule has 1 aliphatic heterocycles. The molecule has 6 nitrogen and oxygen atoms in total. The molecule has 0 radical (unpaired) electrons. The summed E-state index contributed by atoms with van der Waals surface area (Å²) in [5, 5.41) is 9.10. The van der Waals surface area contributed by atoms with E-state index in [1.54, 1.807) is 18.2 Å². The molecule has 9 heteroatoms. The maximum atomic E-state index is 8.44. The number of aromatic nitrogens is 2. The SMILES string of the molecule is CC1(N)CCN(c2nc(N)c(C(=N)c3cccc(Cl)c3Cl)nc2Br)CC1. The van der Waals surface area contributed by atoms with Crippen molar-refractivity contribution in [2.45, 2.75) is 25.3 Å². The molecule has 1 fully saturated rings. The predicted octanol–water partition coefficient (Wildman–Crippen LogP) is 3.86. The Hall–Kier alpha value is -1.41. The number of rotatable bonds is 3. The lowest BCUT2D eigenvalue weighted by atomic mass is 9.91. The minimum absolute atomic E-state index is 0.0722. The van der Waals surface area contributed by atoms with Crippen molar-refractivity contribution in [2.75, 3.05) is 23.7 Å². The van der Waals surface area contributed by atoms with Gasteiger partial charge in [-0.05, 0) is 41.8 Å². The second-order valence-corrected chi connectivity index (χ2v) is 8.23. The van der Waals surface area contributed by atoms with Crippen molar-refractivity contribution in [1.82, 2.24) is 9.97 Å². The Balaban J connectivity index is 1.93. The topological polar surface area (TPSA) is 105 Å². The molecular weight excluding hydrogens is 439 g/mol. The fraction of sp³-hybridized carbons (Fsp3) is 0.353. The van der Waals surface area contributed by atoms with Crippen LogP contribution in [-0.4, -0.2) is 34.3 Å². The number of hydrogen-bond donors (Lipinski definition) is 3. The van der Waals surface area contributed by atoms with Crippen molar-refractivity contribution in [3.8, 4) is 0 Å². The Kier molecular flexibility index (Phi) is 5.44. The molecule has 2 heterocycles. The summed E-state index contributed by atoms with van der Waals surface area (Å²) in [5.74, 6) is 0.831. The molecule has 0 bridgehead atoms. The van der Waals surface area contributed by atoms with E-state index in [-0.39, 0.29) is 22.8 Å². The molecule has 1 aromatic heterocycles. The third-order valence-corrected chi connectivity index (χ3v) is 5.88. The number of nitrogens with two attached hydrogens (primary N) is 2. The Bertz CT molecular complexity index is 861. The lowest BCUT2D eigenvalue weighted by Gasteiger charge is -2.37. The number of nitrogens with zero attached hydrogens (tertiary/aromatic N) is 3. The van der Waals surface area contributed by atoms with Crippen LogP contribution in [0.1, 0.15) is 31.0 Å². The standard InChI is InChI=1S/C17H19BrCl2N6/c1-17(23)5-7-26(8-6-17)16-14(18)24-13(15(22)25-16)12(21)9-3-2-4-10(19)11(9)20/h2-4,21H,5-8,23H2,1H3,(H2,22,25). The molecule has 1 saturated heterocycles. The van der Waals surface area contributed by atoms with E-state index < -0.39 is 0 Å². The second kappa shape index (κ2) is 7.31. The predicted molar refractivity (Wildman–Crippen MR) is 111 cm³/mol. The number of nitrogen functional groups attached to an aromatic ring is 1. The molecule has 0 aliphatic carbocycles. The molecule has 5 N–H and O–H groups in total. The molecule has 0 amide bonds. The molecule has 0 spiro atoms. The lowest BCUT2D eigenvalue weighted by molar-refractivity contribution is 0.363. The average molecular weight is 458 g/mol. The van der Waals surface area contributed by atoms with Gasteiger partial charge in [0.2, 0.25) is 0 Å². The van der Waals surface area contributed by atoms with Gasteiger partial charge in [0.25, 0.3) is 0 Å². The van der Waals surface area contributed by atoms with Crippen LogP contribution < -0.4 is 16.4 Å². The van der Waals surface area contributed by atoms with E-state index in [1.807, 2.05) is 0 Å². The third kappa shape index (κ3) is 3.81. The van der Waals surface area contributed by atoms with Gasteiger partial charge < -0.3 is 16.4 Å². The van der Waals surface area contributed by atoms with Crippen molar-refractivity contribution in [2.24, 2.45) is 5.73 Å². The van der Waals surface area contributed by atoms with Crippen LogP contribution in [0, 0.1) is 5.41 Å².